The maximum absolute atomic E-state index is 13.1. The quantitative estimate of drug-likeness (QED) is 0.307. The summed E-state index contributed by atoms with van der Waals surface area (Å²) in [5.41, 5.74) is 3.32. The molecule has 2 aromatic rings. The van der Waals surface area contributed by atoms with Gasteiger partial charge in [-0.25, -0.2) is 0 Å². The summed E-state index contributed by atoms with van der Waals surface area (Å²) in [6.45, 7) is 3.84. The number of hydrogen-bond donors (Lipinski definition) is 1. The van der Waals surface area contributed by atoms with Gasteiger partial charge < -0.3 is 4.74 Å². The van der Waals surface area contributed by atoms with Crippen LogP contribution >= 0.6 is 34.8 Å². The van der Waals surface area contributed by atoms with Gasteiger partial charge >= 0.3 is 0 Å². The SMILES string of the molecule is COc1ccc(/C=C2\C(=O)NC(=S)N(c3cc(C)ccc3C)C2=O)cc1I. The molecule has 0 spiro atoms. The number of nitrogens with zero attached hydrogens (tertiary/aromatic N) is 1. The van der Waals surface area contributed by atoms with Crippen LogP contribution in [0.4, 0.5) is 5.69 Å². The fourth-order valence-corrected chi connectivity index (χ4v) is 3.81. The van der Waals surface area contributed by atoms with Crippen molar-refractivity contribution in [2.24, 2.45) is 0 Å². The Hall–Kier alpha value is -2.26. The van der Waals surface area contributed by atoms with Gasteiger partial charge in [-0.3, -0.25) is 19.8 Å². The summed E-state index contributed by atoms with van der Waals surface area (Å²) in [4.78, 5) is 26.9. The molecular weight excluding hydrogens is 475 g/mol. The van der Waals surface area contributed by atoms with E-state index in [1.807, 2.05) is 38.1 Å². The number of ether oxygens (including phenoxy) is 1. The van der Waals surface area contributed by atoms with Crippen molar-refractivity contribution in [2.75, 3.05) is 12.0 Å². The highest BCUT2D eigenvalue weighted by Gasteiger charge is 2.35. The van der Waals surface area contributed by atoms with E-state index in [0.29, 0.717) is 5.69 Å². The van der Waals surface area contributed by atoms with E-state index >= 15 is 0 Å². The molecule has 0 unspecified atom stereocenters. The van der Waals surface area contributed by atoms with E-state index in [9.17, 15) is 9.59 Å². The molecule has 5 nitrogen and oxygen atoms in total. The molecule has 1 fully saturated rings. The molecule has 0 atom stereocenters. The van der Waals surface area contributed by atoms with Crippen LogP contribution in [0.25, 0.3) is 6.08 Å². The van der Waals surface area contributed by atoms with Crippen LogP contribution in [0.3, 0.4) is 0 Å². The number of methoxy groups -OCH3 is 1. The molecule has 2 aromatic carbocycles. The summed E-state index contributed by atoms with van der Waals surface area (Å²) < 4.78 is 6.13. The normalized spacial score (nSPS) is 15.9. The number of aryl methyl sites for hydroxylation is 2. The maximum atomic E-state index is 13.1. The van der Waals surface area contributed by atoms with Crippen LogP contribution in [0.2, 0.25) is 0 Å². The summed E-state index contributed by atoms with van der Waals surface area (Å²) >= 11 is 7.41. The number of hydrogen-bond acceptors (Lipinski definition) is 4. The van der Waals surface area contributed by atoms with Gasteiger partial charge in [0.15, 0.2) is 5.11 Å². The zero-order valence-electron chi connectivity index (χ0n) is 15.0. The molecule has 1 saturated heterocycles. The number of halogens is 1. The number of thiocarbonyl (C=S) groups is 1. The van der Waals surface area contributed by atoms with Crippen molar-refractivity contribution in [3.8, 4) is 5.75 Å². The first-order valence-electron chi connectivity index (χ1n) is 8.14. The fourth-order valence-electron chi connectivity index (χ4n) is 2.78. The first kappa shape index (κ1) is 19.5. The van der Waals surface area contributed by atoms with Crippen molar-refractivity contribution in [1.29, 1.82) is 0 Å². The molecule has 7 heteroatoms. The van der Waals surface area contributed by atoms with Crippen LogP contribution in [0.5, 0.6) is 5.75 Å². The fraction of sp³-hybridized carbons (Fsp3) is 0.150. The molecule has 1 heterocycles. The van der Waals surface area contributed by atoms with Gasteiger partial charge in [-0.2, -0.15) is 0 Å². The average Bonchev–Trinajstić information content (AvgIpc) is 2.61. The minimum atomic E-state index is -0.502. The lowest BCUT2D eigenvalue weighted by atomic mass is 10.0. The highest BCUT2D eigenvalue weighted by Crippen LogP contribution is 2.27. The van der Waals surface area contributed by atoms with Gasteiger partial charge in [-0.1, -0.05) is 18.2 Å². The third-order valence-corrected chi connectivity index (χ3v) is 5.32. The Balaban J connectivity index is 2.05. The van der Waals surface area contributed by atoms with Gasteiger partial charge in [-0.05, 0) is 89.6 Å². The first-order valence-corrected chi connectivity index (χ1v) is 9.62. The van der Waals surface area contributed by atoms with Crippen molar-refractivity contribution in [1.82, 2.24) is 5.32 Å². The lowest BCUT2D eigenvalue weighted by molar-refractivity contribution is -0.122. The molecule has 1 N–H and O–H groups in total. The summed E-state index contributed by atoms with van der Waals surface area (Å²) in [5, 5.41) is 2.70. The minimum absolute atomic E-state index is 0.0328. The molecule has 0 bridgehead atoms. The second-order valence-electron chi connectivity index (χ2n) is 6.14. The van der Waals surface area contributed by atoms with Crippen LogP contribution < -0.4 is 15.0 Å². The number of carbonyl (C=O) groups excluding carboxylic acids is 2. The Labute approximate surface area is 176 Å². The summed E-state index contributed by atoms with van der Waals surface area (Å²) in [6.07, 6.45) is 1.57. The Kier molecular flexibility index (Phi) is 5.61. The second-order valence-corrected chi connectivity index (χ2v) is 7.69. The zero-order chi connectivity index (χ0) is 19.7. The van der Waals surface area contributed by atoms with Crippen molar-refractivity contribution < 1.29 is 14.3 Å². The lowest BCUT2D eigenvalue weighted by Gasteiger charge is -2.30. The van der Waals surface area contributed by atoms with E-state index in [-0.39, 0.29) is 10.7 Å². The number of benzene rings is 2. The highest BCUT2D eigenvalue weighted by molar-refractivity contribution is 14.1. The molecule has 1 aliphatic heterocycles. The minimum Gasteiger partial charge on any atom is -0.496 e. The number of nitrogens with one attached hydrogen (secondary N) is 1. The van der Waals surface area contributed by atoms with E-state index in [1.165, 1.54) is 4.90 Å². The first-order chi connectivity index (χ1) is 12.8. The van der Waals surface area contributed by atoms with Gasteiger partial charge in [0.2, 0.25) is 0 Å². The molecule has 3 rings (SSSR count). The molecule has 0 radical (unpaired) electrons. The van der Waals surface area contributed by atoms with Gasteiger partial charge in [0.1, 0.15) is 11.3 Å². The van der Waals surface area contributed by atoms with Crippen molar-refractivity contribution in [3.63, 3.8) is 0 Å². The summed E-state index contributed by atoms with van der Waals surface area (Å²) in [6, 6.07) is 11.2. The van der Waals surface area contributed by atoms with Crippen LogP contribution in [0, 0.1) is 17.4 Å². The van der Waals surface area contributed by atoms with E-state index < -0.39 is 11.8 Å². The molecule has 2 amide bonds. The number of anilines is 1. The molecule has 0 aromatic heterocycles. The monoisotopic (exact) mass is 492 g/mol. The standard InChI is InChI=1S/C20H17IN2O3S/c1-11-4-5-12(2)16(8-11)23-19(25)14(18(24)22-20(23)27)9-13-6-7-17(26-3)15(21)10-13/h4-10H,1-3H3,(H,22,24,27)/b14-9+. The molecular formula is C20H17IN2O3S. The van der Waals surface area contributed by atoms with Crippen molar-refractivity contribution in [2.45, 2.75) is 13.8 Å². The van der Waals surface area contributed by atoms with Gasteiger partial charge in [-0.15, -0.1) is 0 Å². The molecule has 138 valence electrons. The third kappa shape index (κ3) is 3.89. The van der Waals surface area contributed by atoms with E-state index in [1.54, 1.807) is 25.3 Å². The summed E-state index contributed by atoms with van der Waals surface area (Å²) in [5.74, 6) is -0.212. The van der Waals surface area contributed by atoms with Crippen LogP contribution in [-0.2, 0) is 9.59 Å². The van der Waals surface area contributed by atoms with Gasteiger partial charge in [0.05, 0.1) is 16.4 Å². The molecule has 0 saturated carbocycles. The van der Waals surface area contributed by atoms with Gasteiger partial charge in [0.25, 0.3) is 11.8 Å². The van der Waals surface area contributed by atoms with Crippen LogP contribution in [0.15, 0.2) is 42.0 Å². The second kappa shape index (κ2) is 7.77. The molecule has 1 aliphatic rings. The van der Waals surface area contributed by atoms with Crippen molar-refractivity contribution >= 4 is 63.5 Å². The van der Waals surface area contributed by atoms with Crippen molar-refractivity contribution in [3.05, 3.63) is 62.2 Å². The van der Waals surface area contributed by atoms with Gasteiger partial charge in [0, 0.05) is 0 Å². The Morgan fingerprint density at radius 2 is 1.89 bits per heavy atom. The van der Waals surface area contributed by atoms with Crippen LogP contribution in [0.1, 0.15) is 16.7 Å². The Morgan fingerprint density at radius 1 is 1.15 bits per heavy atom. The average molecular weight is 492 g/mol. The van der Waals surface area contributed by atoms with E-state index in [4.69, 9.17) is 17.0 Å². The summed E-state index contributed by atoms with van der Waals surface area (Å²) in [7, 11) is 1.59. The Bertz CT molecular complexity index is 1000. The zero-order valence-corrected chi connectivity index (χ0v) is 18.0. The Morgan fingerprint density at radius 3 is 2.56 bits per heavy atom. The number of amides is 2. The third-order valence-electron chi connectivity index (χ3n) is 4.19. The molecule has 27 heavy (non-hydrogen) atoms. The highest BCUT2D eigenvalue weighted by atomic mass is 127. The topological polar surface area (TPSA) is 58.6 Å². The number of carbonyl (C=O) groups is 2. The lowest BCUT2D eigenvalue weighted by Crippen LogP contribution is -2.54. The largest absolute Gasteiger partial charge is 0.496 e. The van der Waals surface area contributed by atoms with Crippen LogP contribution in [-0.4, -0.2) is 24.0 Å². The van der Waals surface area contributed by atoms with E-state index in [0.717, 1.165) is 26.0 Å². The number of rotatable bonds is 3. The molecule has 0 aliphatic carbocycles. The van der Waals surface area contributed by atoms with E-state index in [2.05, 4.69) is 27.9 Å². The predicted octanol–water partition coefficient (Wildman–Crippen LogP) is 3.75. The smallest absolute Gasteiger partial charge is 0.270 e. The predicted molar refractivity (Wildman–Crippen MR) is 118 cm³/mol. The maximum Gasteiger partial charge on any atom is 0.270 e.